The fourth-order valence-corrected chi connectivity index (χ4v) is 3.18. The molecule has 0 spiro atoms. The van der Waals surface area contributed by atoms with Crippen molar-refractivity contribution in [2.45, 2.75) is 71.6 Å². The topological polar surface area (TPSA) is 29.1 Å². The van der Waals surface area contributed by atoms with Crippen LogP contribution in [0.4, 0.5) is 5.69 Å². The van der Waals surface area contributed by atoms with Gasteiger partial charge in [-0.05, 0) is 42.9 Å². The lowest BCUT2D eigenvalue weighted by Crippen LogP contribution is -2.14. The van der Waals surface area contributed by atoms with Crippen molar-refractivity contribution in [2.24, 2.45) is 11.8 Å². The second-order valence-electron chi connectivity index (χ2n) is 6.70. The smallest absolute Gasteiger partial charge is 0.227 e. The Bertz CT molecular complexity index is 469. The first-order chi connectivity index (χ1) is 10.7. The summed E-state index contributed by atoms with van der Waals surface area (Å²) < 4.78 is 0. The van der Waals surface area contributed by atoms with E-state index in [-0.39, 0.29) is 11.8 Å². The molecule has 122 valence electrons. The molecule has 1 saturated carbocycles. The van der Waals surface area contributed by atoms with Crippen LogP contribution in [0.2, 0.25) is 0 Å². The van der Waals surface area contributed by atoms with Gasteiger partial charge in [-0.15, -0.1) is 0 Å². The number of carbonyl (C=O) groups is 1. The molecule has 0 aromatic heterocycles. The summed E-state index contributed by atoms with van der Waals surface area (Å²) in [6.45, 7) is 4.39. The normalized spacial score (nSPS) is 19.9. The van der Waals surface area contributed by atoms with E-state index in [1.54, 1.807) is 0 Å². The highest BCUT2D eigenvalue weighted by Crippen LogP contribution is 2.43. The molecule has 1 aliphatic carbocycles. The predicted octanol–water partition coefficient (Wildman–Crippen LogP) is 5.57. The van der Waals surface area contributed by atoms with E-state index in [0.717, 1.165) is 18.5 Å². The van der Waals surface area contributed by atoms with E-state index in [4.69, 9.17) is 0 Å². The number of unbranched alkanes of at least 4 members (excludes halogenated alkanes) is 5. The van der Waals surface area contributed by atoms with Gasteiger partial charge >= 0.3 is 0 Å². The fourth-order valence-electron chi connectivity index (χ4n) is 3.18. The van der Waals surface area contributed by atoms with Crippen molar-refractivity contribution >= 4 is 11.6 Å². The first kappa shape index (κ1) is 17.1. The van der Waals surface area contributed by atoms with Crippen molar-refractivity contribution in [2.75, 3.05) is 5.32 Å². The molecule has 1 fully saturated rings. The number of hydrogen-bond donors (Lipinski definition) is 1. The summed E-state index contributed by atoms with van der Waals surface area (Å²) >= 11 is 0. The summed E-state index contributed by atoms with van der Waals surface area (Å²) in [7, 11) is 0. The Balaban J connectivity index is 1.63. The third-order valence-electron chi connectivity index (χ3n) is 4.79. The van der Waals surface area contributed by atoms with E-state index in [2.05, 4.69) is 31.3 Å². The number of aryl methyl sites for hydroxylation is 1. The zero-order valence-corrected chi connectivity index (χ0v) is 14.2. The maximum Gasteiger partial charge on any atom is 0.227 e. The van der Waals surface area contributed by atoms with Crippen LogP contribution in [0.1, 0.15) is 70.8 Å². The summed E-state index contributed by atoms with van der Waals surface area (Å²) in [4.78, 5) is 12.2. The number of amides is 1. The zero-order valence-electron chi connectivity index (χ0n) is 14.2. The van der Waals surface area contributed by atoms with Crippen molar-refractivity contribution in [1.82, 2.24) is 0 Å². The third kappa shape index (κ3) is 5.47. The monoisotopic (exact) mass is 301 g/mol. The van der Waals surface area contributed by atoms with Crippen molar-refractivity contribution in [3.05, 3.63) is 29.8 Å². The minimum Gasteiger partial charge on any atom is -0.326 e. The lowest BCUT2D eigenvalue weighted by atomic mass is 10.1. The maximum absolute atomic E-state index is 12.2. The molecule has 22 heavy (non-hydrogen) atoms. The average Bonchev–Trinajstić information content (AvgIpc) is 3.30. The number of nitrogens with one attached hydrogen (secondary N) is 1. The van der Waals surface area contributed by atoms with Gasteiger partial charge < -0.3 is 5.32 Å². The first-order valence-electron chi connectivity index (χ1n) is 9.14. The molecular formula is C20H31NO. The van der Waals surface area contributed by atoms with Crippen LogP contribution in [0.3, 0.4) is 0 Å². The minimum atomic E-state index is 0.226. The van der Waals surface area contributed by atoms with Gasteiger partial charge in [0.05, 0.1) is 0 Å². The van der Waals surface area contributed by atoms with Crippen molar-refractivity contribution in [3.63, 3.8) is 0 Å². The van der Waals surface area contributed by atoms with E-state index >= 15 is 0 Å². The highest BCUT2D eigenvalue weighted by atomic mass is 16.2. The highest BCUT2D eigenvalue weighted by molar-refractivity contribution is 5.94. The SMILES string of the molecule is CCCCCCCC[C@@H]1C[C@@H]1C(=O)Nc1cccc(CC)c1. The summed E-state index contributed by atoms with van der Waals surface area (Å²) in [5.41, 5.74) is 2.23. The van der Waals surface area contributed by atoms with Crippen LogP contribution in [0.15, 0.2) is 24.3 Å². The number of rotatable bonds is 10. The van der Waals surface area contributed by atoms with Crippen LogP contribution >= 0.6 is 0 Å². The zero-order chi connectivity index (χ0) is 15.8. The molecule has 1 aliphatic rings. The van der Waals surface area contributed by atoms with Gasteiger partial charge in [-0.25, -0.2) is 0 Å². The molecule has 0 radical (unpaired) electrons. The molecular weight excluding hydrogens is 270 g/mol. The third-order valence-corrected chi connectivity index (χ3v) is 4.79. The van der Waals surface area contributed by atoms with Crippen LogP contribution < -0.4 is 5.32 Å². The molecule has 2 heteroatoms. The molecule has 0 saturated heterocycles. The van der Waals surface area contributed by atoms with E-state index in [0.29, 0.717) is 5.92 Å². The van der Waals surface area contributed by atoms with Crippen LogP contribution in [0, 0.1) is 11.8 Å². The largest absolute Gasteiger partial charge is 0.326 e. The van der Waals surface area contributed by atoms with Gasteiger partial charge in [0.2, 0.25) is 5.91 Å². The molecule has 0 unspecified atom stereocenters. The van der Waals surface area contributed by atoms with Gasteiger partial charge in [0.15, 0.2) is 0 Å². The molecule has 2 nitrogen and oxygen atoms in total. The Labute approximate surface area is 135 Å². The van der Waals surface area contributed by atoms with Crippen LogP contribution in [0.5, 0.6) is 0 Å². The van der Waals surface area contributed by atoms with Gasteiger partial charge in [-0.2, -0.15) is 0 Å². The molecule has 1 N–H and O–H groups in total. The molecule has 1 amide bonds. The molecule has 1 aromatic rings. The van der Waals surface area contributed by atoms with Gasteiger partial charge in [-0.3, -0.25) is 4.79 Å². The first-order valence-corrected chi connectivity index (χ1v) is 9.14. The van der Waals surface area contributed by atoms with Gasteiger partial charge in [0.25, 0.3) is 0 Å². The van der Waals surface area contributed by atoms with E-state index in [1.807, 2.05) is 12.1 Å². The Hall–Kier alpha value is -1.31. The van der Waals surface area contributed by atoms with Gasteiger partial charge in [-0.1, -0.05) is 64.5 Å². The van der Waals surface area contributed by atoms with Crippen LogP contribution in [0.25, 0.3) is 0 Å². The average molecular weight is 301 g/mol. The van der Waals surface area contributed by atoms with Crippen molar-refractivity contribution < 1.29 is 4.79 Å². The van der Waals surface area contributed by atoms with Crippen molar-refractivity contribution in [3.8, 4) is 0 Å². The summed E-state index contributed by atoms with van der Waals surface area (Å²) in [5.74, 6) is 1.13. The van der Waals surface area contributed by atoms with Crippen LogP contribution in [-0.2, 0) is 11.2 Å². The maximum atomic E-state index is 12.2. The second-order valence-corrected chi connectivity index (χ2v) is 6.70. The Morgan fingerprint density at radius 3 is 2.68 bits per heavy atom. The molecule has 2 atom stereocenters. The summed E-state index contributed by atoms with van der Waals surface area (Å²) in [6, 6.07) is 8.20. The Morgan fingerprint density at radius 2 is 1.91 bits per heavy atom. The van der Waals surface area contributed by atoms with Gasteiger partial charge in [0.1, 0.15) is 0 Å². The van der Waals surface area contributed by atoms with Gasteiger partial charge in [0, 0.05) is 11.6 Å². The Kier molecular flexibility index (Phi) is 6.95. The quantitative estimate of drug-likeness (QED) is 0.562. The number of anilines is 1. The minimum absolute atomic E-state index is 0.226. The number of benzene rings is 1. The molecule has 0 aliphatic heterocycles. The molecule has 0 heterocycles. The standard InChI is InChI=1S/C20H31NO/c1-3-5-6-7-8-9-12-17-15-19(17)20(22)21-18-13-10-11-16(4-2)14-18/h10-11,13-14,17,19H,3-9,12,15H2,1-2H3,(H,21,22)/t17-,19+/m1/s1. The van der Waals surface area contributed by atoms with Crippen molar-refractivity contribution in [1.29, 1.82) is 0 Å². The summed E-state index contributed by atoms with van der Waals surface area (Å²) in [5, 5.41) is 3.09. The molecule has 1 aromatic carbocycles. The van der Waals surface area contributed by atoms with E-state index in [9.17, 15) is 4.79 Å². The molecule has 0 bridgehead atoms. The lowest BCUT2D eigenvalue weighted by Gasteiger charge is -2.06. The summed E-state index contributed by atoms with van der Waals surface area (Å²) in [6.07, 6.45) is 11.4. The second kappa shape index (κ2) is 8.97. The fraction of sp³-hybridized carbons (Fsp3) is 0.650. The number of hydrogen-bond acceptors (Lipinski definition) is 1. The lowest BCUT2D eigenvalue weighted by molar-refractivity contribution is -0.117. The highest BCUT2D eigenvalue weighted by Gasteiger charge is 2.42. The van der Waals surface area contributed by atoms with Crippen LogP contribution in [-0.4, -0.2) is 5.91 Å². The Morgan fingerprint density at radius 1 is 1.14 bits per heavy atom. The van der Waals surface area contributed by atoms with E-state index < -0.39 is 0 Å². The van der Waals surface area contributed by atoms with E-state index in [1.165, 1.54) is 50.5 Å². The predicted molar refractivity (Wildman–Crippen MR) is 94.0 cm³/mol. The number of carbonyl (C=O) groups excluding carboxylic acids is 1. The molecule has 2 rings (SSSR count).